The number of ketones is 1. The molecule has 1 aromatic rings. The standard InChI is InChI=1S/C9H14N2O2/c1-8(13)9(6-12)2-4-11-5-3-10-7-11/h3,5,7,9,12H,2,4,6H2,1H3. The van der Waals surface area contributed by atoms with Crippen LogP contribution in [0, 0.1) is 5.92 Å². The van der Waals surface area contributed by atoms with Crippen LogP contribution < -0.4 is 0 Å². The summed E-state index contributed by atoms with van der Waals surface area (Å²) >= 11 is 0. The van der Waals surface area contributed by atoms with E-state index < -0.39 is 0 Å². The number of imidazole rings is 1. The first-order valence-corrected chi connectivity index (χ1v) is 4.31. The van der Waals surface area contributed by atoms with Crippen LogP contribution >= 0.6 is 0 Å². The zero-order chi connectivity index (χ0) is 9.68. The Kier molecular flexibility index (Phi) is 3.64. The van der Waals surface area contributed by atoms with E-state index in [1.165, 1.54) is 6.92 Å². The Bertz CT molecular complexity index is 257. The Hall–Kier alpha value is -1.16. The Labute approximate surface area is 77.2 Å². The maximum absolute atomic E-state index is 10.9. The van der Waals surface area contributed by atoms with Crippen LogP contribution in [0.5, 0.6) is 0 Å². The van der Waals surface area contributed by atoms with Crippen molar-refractivity contribution in [2.75, 3.05) is 6.61 Å². The molecule has 0 saturated heterocycles. The number of hydrogen-bond acceptors (Lipinski definition) is 3. The fourth-order valence-corrected chi connectivity index (χ4v) is 1.15. The molecule has 0 radical (unpaired) electrons. The van der Waals surface area contributed by atoms with Gasteiger partial charge in [0.25, 0.3) is 0 Å². The van der Waals surface area contributed by atoms with Crippen molar-refractivity contribution in [3.63, 3.8) is 0 Å². The molecule has 0 aliphatic heterocycles. The van der Waals surface area contributed by atoms with Crippen LogP contribution in [-0.4, -0.2) is 27.0 Å². The second-order valence-electron chi connectivity index (χ2n) is 3.08. The van der Waals surface area contributed by atoms with Crippen LogP contribution in [0.3, 0.4) is 0 Å². The van der Waals surface area contributed by atoms with Crippen LogP contribution in [-0.2, 0) is 11.3 Å². The summed E-state index contributed by atoms with van der Waals surface area (Å²) in [5.41, 5.74) is 0. The molecule has 0 saturated carbocycles. The Balaban J connectivity index is 2.36. The maximum Gasteiger partial charge on any atom is 0.135 e. The van der Waals surface area contributed by atoms with Gasteiger partial charge in [-0.15, -0.1) is 0 Å². The molecule has 0 aliphatic carbocycles. The molecule has 0 fully saturated rings. The van der Waals surface area contributed by atoms with Crippen LogP contribution in [0.1, 0.15) is 13.3 Å². The third kappa shape index (κ3) is 2.99. The maximum atomic E-state index is 10.9. The molecule has 72 valence electrons. The highest BCUT2D eigenvalue weighted by atomic mass is 16.3. The van der Waals surface area contributed by atoms with E-state index in [0.717, 1.165) is 6.54 Å². The number of carbonyl (C=O) groups excluding carboxylic acids is 1. The quantitative estimate of drug-likeness (QED) is 0.720. The van der Waals surface area contributed by atoms with Gasteiger partial charge in [0, 0.05) is 24.9 Å². The zero-order valence-electron chi connectivity index (χ0n) is 7.68. The average molecular weight is 182 g/mol. The van der Waals surface area contributed by atoms with Gasteiger partial charge in [-0.05, 0) is 13.3 Å². The molecule has 1 unspecified atom stereocenters. The van der Waals surface area contributed by atoms with Crippen molar-refractivity contribution in [1.82, 2.24) is 9.55 Å². The molecule has 1 atom stereocenters. The van der Waals surface area contributed by atoms with E-state index in [1.807, 2.05) is 10.8 Å². The lowest BCUT2D eigenvalue weighted by Crippen LogP contribution is -2.17. The van der Waals surface area contributed by atoms with E-state index in [-0.39, 0.29) is 18.3 Å². The van der Waals surface area contributed by atoms with E-state index in [0.29, 0.717) is 6.42 Å². The first-order valence-electron chi connectivity index (χ1n) is 4.31. The number of aromatic nitrogens is 2. The van der Waals surface area contributed by atoms with Gasteiger partial charge in [0.05, 0.1) is 12.9 Å². The van der Waals surface area contributed by atoms with E-state index >= 15 is 0 Å². The van der Waals surface area contributed by atoms with Crippen molar-refractivity contribution >= 4 is 5.78 Å². The summed E-state index contributed by atoms with van der Waals surface area (Å²) in [4.78, 5) is 14.8. The van der Waals surface area contributed by atoms with E-state index in [9.17, 15) is 4.79 Å². The molecular formula is C9H14N2O2. The molecule has 1 rings (SSSR count). The number of hydrogen-bond donors (Lipinski definition) is 1. The minimum Gasteiger partial charge on any atom is -0.396 e. The van der Waals surface area contributed by atoms with Gasteiger partial charge in [0.15, 0.2) is 0 Å². The lowest BCUT2D eigenvalue weighted by molar-refractivity contribution is -0.122. The molecule has 0 aliphatic rings. The third-order valence-electron chi connectivity index (χ3n) is 2.09. The zero-order valence-corrected chi connectivity index (χ0v) is 7.68. The van der Waals surface area contributed by atoms with Gasteiger partial charge >= 0.3 is 0 Å². The SMILES string of the molecule is CC(=O)C(CO)CCn1ccnc1. The summed E-state index contributed by atoms with van der Waals surface area (Å²) in [6, 6.07) is 0. The summed E-state index contributed by atoms with van der Waals surface area (Å²) < 4.78 is 1.89. The largest absolute Gasteiger partial charge is 0.396 e. The molecule has 13 heavy (non-hydrogen) atoms. The molecular weight excluding hydrogens is 168 g/mol. The molecule has 4 nitrogen and oxygen atoms in total. The first-order chi connectivity index (χ1) is 6.24. The first kappa shape index (κ1) is 9.92. The summed E-state index contributed by atoms with van der Waals surface area (Å²) in [5.74, 6) is -0.190. The van der Waals surface area contributed by atoms with E-state index in [4.69, 9.17) is 5.11 Å². The number of nitrogens with zero attached hydrogens (tertiary/aromatic N) is 2. The highest BCUT2D eigenvalue weighted by Gasteiger charge is 2.11. The molecule has 1 heterocycles. The molecule has 0 spiro atoms. The summed E-state index contributed by atoms with van der Waals surface area (Å²) in [6.45, 7) is 2.17. The van der Waals surface area contributed by atoms with Crippen molar-refractivity contribution < 1.29 is 9.90 Å². The number of carbonyl (C=O) groups is 1. The highest BCUT2D eigenvalue weighted by Crippen LogP contribution is 2.05. The van der Waals surface area contributed by atoms with Crippen LogP contribution in [0.15, 0.2) is 18.7 Å². The van der Waals surface area contributed by atoms with E-state index in [1.54, 1.807) is 12.5 Å². The smallest absolute Gasteiger partial charge is 0.135 e. The normalized spacial score (nSPS) is 12.8. The second kappa shape index (κ2) is 4.77. The fourth-order valence-electron chi connectivity index (χ4n) is 1.15. The molecule has 0 bridgehead atoms. The van der Waals surface area contributed by atoms with Gasteiger partial charge in [-0.25, -0.2) is 4.98 Å². The van der Waals surface area contributed by atoms with Crippen molar-refractivity contribution in [1.29, 1.82) is 0 Å². The third-order valence-corrected chi connectivity index (χ3v) is 2.09. The van der Waals surface area contributed by atoms with Crippen LogP contribution in [0.4, 0.5) is 0 Å². The molecule has 4 heteroatoms. The minimum atomic E-state index is -0.234. The number of aryl methyl sites for hydroxylation is 1. The summed E-state index contributed by atoms with van der Waals surface area (Å²) in [7, 11) is 0. The second-order valence-corrected chi connectivity index (χ2v) is 3.08. The number of Topliss-reactive ketones (excluding diaryl/α,β-unsaturated/α-hetero) is 1. The lowest BCUT2D eigenvalue weighted by atomic mass is 10.0. The summed E-state index contributed by atoms with van der Waals surface area (Å²) in [6.07, 6.45) is 5.91. The van der Waals surface area contributed by atoms with Crippen LogP contribution in [0.2, 0.25) is 0 Å². The Morgan fingerprint density at radius 3 is 2.92 bits per heavy atom. The van der Waals surface area contributed by atoms with Crippen LogP contribution in [0.25, 0.3) is 0 Å². The number of rotatable bonds is 5. The Morgan fingerprint density at radius 2 is 2.46 bits per heavy atom. The topological polar surface area (TPSA) is 55.1 Å². The van der Waals surface area contributed by atoms with Gasteiger partial charge in [0.1, 0.15) is 5.78 Å². The molecule has 0 amide bonds. The summed E-state index contributed by atoms with van der Waals surface area (Å²) in [5, 5.41) is 8.88. The monoisotopic (exact) mass is 182 g/mol. The van der Waals surface area contributed by atoms with Gasteiger partial charge in [-0.2, -0.15) is 0 Å². The molecule has 0 aromatic carbocycles. The molecule has 1 N–H and O–H groups in total. The highest BCUT2D eigenvalue weighted by molar-refractivity contribution is 5.78. The van der Waals surface area contributed by atoms with Gasteiger partial charge in [-0.3, -0.25) is 4.79 Å². The van der Waals surface area contributed by atoms with Crippen molar-refractivity contribution in [3.05, 3.63) is 18.7 Å². The number of aliphatic hydroxyl groups excluding tert-OH is 1. The van der Waals surface area contributed by atoms with Gasteiger partial charge < -0.3 is 9.67 Å². The average Bonchev–Trinajstić information content (AvgIpc) is 2.57. The predicted molar refractivity (Wildman–Crippen MR) is 48.1 cm³/mol. The van der Waals surface area contributed by atoms with E-state index in [2.05, 4.69) is 4.98 Å². The lowest BCUT2D eigenvalue weighted by Gasteiger charge is -2.09. The molecule has 1 aromatic heterocycles. The number of aliphatic hydroxyl groups is 1. The van der Waals surface area contributed by atoms with Gasteiger partial charge in [-0.1, -0.05) is 0 Å². The van der Waals surface area contributed by atoms with Crippen molar-refractivity contribution in [2.45, 2.75) is 19.9 Å². The fraction of sp³-hybridized carbons (Fsp3) is 0.556. The van der Waals surface area contributed by atoms with Crippen molar-refractivity contribution in [2.24, 2.45) is 5.92 Å². The van der Waals surface area contributed by atoms with Crippen molar-refractivity contribution in [3.8, 4) is 0 Å². The predicted octanol–water partition coefficient (Wildman–Crippen LogP) is 0.471. The van der Waals surface area contributed by atoms with Gasteiger partial charge in [0.2, 0.25) is 0 Å². The Morgan fingerprint density at radius 1 is 1.69 bits per heavy atom. The minimum absolute atomic E-state index is 0.0441.